The van der Waals surface area contributed by atoms with Crippen molar-refractivity contribution in [3.8, 4) is 0 Å². The van der Waals surface area contributed by atoms with Gasteiger partial charge in [0.2, 0.25) is 0 Å². The molecule has 2 heterocycles. The summed E-state index contributed by atoms with van der Waals surface area (Å²) in [4.78, 5) is 4.03. The Morgan fingerprint density at radius 3 is 3.00 bits per heavy atom. The summed E-state index contributed by atoms with van der Waals surface area (Å²) in [5, 5.41) is 2.80. The van der Waals surface area contributed by atoms with Crippen LogP contribution in [0.3, 0.4) is 0 Å². The normalized spacial score (nSPS) is 11.3. The van der Waals surface area contributed by atoms with Gasteiger partial charge < -0.3 is 4.42 Å². The number of pyridine rings is 1. The molecular formula is C11H7BClNO. The first kappa shape index (κ1) is 8.80. The van der Waals surface area contributed by atoms with Gasteiger partial charge in [-0.3, -0.25) is 4.98 Å². The molecule has 15 heavy (non-hydrogen) atoms. The minimum atomic E-state index is 0.645. The molecular weight excluding hydrogens is 208 g/mol. The molecule has 0 fully saturated rings. The Balaban J connectivity index is 2.66. The average molecular weight is 215 g/mol. The zero-order valence-corrected chi connectivity index (χ0v) is 8.88. The second-order valence-corrected chi connectivity index (χ2v) is 3.95. The molecule has 0 saturated carbocycles. The smallest absolute Gasteiger partial charge is 0.153 e. The lowest BCUT2D eigenvalue weighted by Crippen LogP contribution is -2.01. The van der Waals surface area contributed by atoms with Gasteiger partial charge in [0.15, 0.2) is 11.2 Å². The van der Waals surface area contributed by atoms with Crippen LogP contribution in [0.4, 0.5) is 0 Å². The highest BCUT2D eigenvalue weighted by Gasteiger charge is 2.11. The fraction of sp³-hybridized carbons (Fsp3) is 0. The fourth-order valence-electron chi connectivity index (χ4n) is 1.87. The zero-order chi connectivity index (χ0) is 10.4. The van der Waals surface area contributed by atoms with Crippen LogP contribution in [0.15, 0.2) is 35.0 Å². The second kappa shape index (κ2) is 3.01. The van der Waals surface area contributed by atoms with Gasteiger partial charge >= 0.3 is 0 Å². The van der Waals surface area contributed by atoms with Gasteiger partial charge in [-0.05, 0) is 12.1 Å². The average Bonchev–Trinajstić information content (AvgIpc) is 2.64. The van der Waals surface area contributed by atoms with Gasteiger partial charge in [0, 0.05) is 17.0 Å². The molecule has 3 aromatic rings. The van der Waals surface area contributed by atoms with Crippen molar-refractivity contribution in [1.82, 2.24) is 4.98 Å². The van der Waals surface area contributed by atoms with E-state index in [0.717, 1.165) is 21.9 Å². The van der Waals surface area contributed by atoms with Gasteiger partial charge in [0.05, 0.1) is 11.2 Å². The largest absolute Gasteiger partial charge is 0.453 e. The van der Waals surface area contributed by atoms with E-state index in [2.05, 4.69) is 4.98 Å². The summed E-state index contributed by atoms with van der Waals surface area (Å²) >= 11 is 6.09. The Kier molecular flexibility index (Phi) is 1.76. The van der Waals surface area contributed by atoms with Gasteiger partial charge in [-0.15, -0.1) is 0 Å². The third-order valence-electron chi connectivity index (χ3n) is 2.58. The quantitative estimate of drug-likeness (QED) is 0.535. The van der Waals surface area contributed by atoms with Crippen LogP contribution >= 0.6 is 11.6 Å². The molecule has 1 aromatic carbocycles. The Hall–Kier alpha value is -1.48. The minimum absolute atomic E-state index is 0.645. The van der Waals surface area contributed by atoms with Gasteiger partial charge in [0.25, 0.3) is 0 Å². The van der Waals surface area contributed by atoms with E-state index >= 15 is 0 Å². The molecule has 0 aliphatic heterocycles. The summed E-state index contributed by atoms with van der Waals surface area (Å²) in [6.45, 7) is 0. The summed E-state index contributed by atoms with van der Waals surface area (Å²) in [5.74, 6) is 0. The fourth-order valence-corrected chi connectivity index (χ4v) is 2.06. The maximum Gasteiger partial charge on any atom is 0.153 e. The van der Waals surface area contributed by atoms with Crippen molar-refractivity contribution in [2.75, 3.05) is 0 Å². The molecule has 0 amide bonds. The van der Waals surface area contributed by atoms with Crippen LogP contribution in [0.25, 0.3) is 21.9 Å². The standard InChI is InChI=1S/C11H7BClNO/c12-7-1-2-8(13)11-10(7)6-3-4-14-5-9(6)15-11/h1-5H,12H2. The minimum Gasteiger partial charge on any atom is -0.453 e. The number of hydrogen-bond donors (Lipinski definition) is 0. The molecule has 0 radical (unpaired) electrons. The van der Waals surface area contributed by atoms with E-state index in [0.29, 0.717) is 5.02 Å². The lowest BCUT2D eigenvalue weighted by atomic mass is 9.91. The van der Waals surface area contributed by atoms with Crippen molar-refractivity contribution < 1.29 is 4.42 Å². The Morgan fingerprint density at radius 2 is 2.13 bits per heavy atom. The van der Waals surface area contributed by atoms with Crippen molar-refractivity contribution >= 4 is 46.8 Å². The molecule has 0 bridgehead atoms. The summed E-state index contributed by atoms with van der Waals surface area (Å²) in [6.07, 6.45) is 3.47. The van der Waals surface area contributed by atoms with Crippen LogP contribution < -0.4 is 5.46 Å². The van der Waals surface area contributed by atoms with Gasteiger partial charge in [-0.2, -0.15) is 0 Å². The predicted octanol–water partition coefficient (Wildman–Crippen LogP) is 1.89. The second-order valence-electron chi connectivity index (χ2n) is 3.54. The Bertz CT molecular complexity index is 662. The first-order valence-corrected chi connectivity index (χ1v) is 5.06. The van der Waals surface area contributed by atoms with Gasteiger partial charge in [-0.25, -0.2) is 0 Å². The van der Waals surface area contributed by atoms with E-state index in [4.69, 9.17) is 16.0 Å². The van der Waals surface area contributed by atoms with Crippen molar-refractivity contribution in [2.24, 2.45) is 0 Å². The third kappa shape index (κ3) is 1.16. The van der Waals surface area contributed by atoms with E-state index in [1.807, 2.05) is 26.0 Å². The molecule has 4 heteroatoms. The van der Waals surface area contributed by atoms with E-state index < -0.39 is 0 Å². The van der Waals surface area contributed by atoms with Crippen LogP contribution in [0.2, 0.25) is 5.02 Å². The first-order chi connectivity index (χ1) is 7.27. The maximum atomic E-state index is 6.09. The molecule has 0 spiro atoms. The number of halogens is 1. The van der Waals surface area contributed by atoms with Crippen molar-refractivity contribution in [3.05, 3.63) is 35.6 Å². The zero-order valence-electron chi connectivity index (χ0n) is 8.12. The van der Waals surface area contributed by atoms with Crippen LogP contribution in [-0.4, -0.2) is 12.8 Å². The lowest BCUT2D eigenvalue weighted by molar-refractivity contribution is 0.667. The number of fused-ring (bicyclic) bond motifs is 3. The van der Waals surface area contributed by atoms with Crippen LogP contribution in [0.1, 0.15) is 0 Å². The molecule has 0 unspecified atom stereocenters. The lowest BCUT2D eigenvalue weighted by Gasteiger charge is -1.96. The maximum absolute atomic E-state index is 6.09. The van der Waals surface area contributed by atoms with Gasteiger partial charge in [-0.1, -0.05) is 23.1 Å². The Labute approximate surface area is 92.3 Å². The third-order valence-corrected chi connectivity index (χ3v) is 2.88. The summed E-state index contributed by atoms with van der Waals surface area (Å²) in [7, 11) is 2.05. The molecule has 3 rings (SSSR count). The molecule has 0 aliphatic carbocycles. The van der Waals surface area contributed by atoms with Crippen molar-refractivity contribution in [2.45, 2.75) is 0 Å². The number of furan rings is 1. The highest BCUT2D eigenvalue weighted by atomic mass is 35.5. The summed E-state index contributed by atoms with van der Waals surface area (Å²) < 4.78 is 5.67. The summed E-state index contributed by atoms with van der Waals surface area (Å²) in [6, 6.07) is 5.81. The Morgan fingerprint density at radius 1 is 1.27 bits per heavy atom. The van der Waals surface area contributed by atoms with Crippen LogP contribution in [0, 0.1) is 0 Å². The van der Waals surface area contributed by atoms with E-state index in [9.17, 15) is 0 Å². The highest BCUT2D eigenvalue weighted by Crippen LogP contribution is 2.30. The summed E-state index contributed by atoms with van der Waals surface area (Å²) in [5.41, 5.74) is 2.70. The monoisotopic (exact) mass is 215 g/mol. The van der Waals surface area contributed by atoms with Crippen molar-refractivity contribution in [3.63, 3.8) is 0 Å². The molecule has 2 aromatic heterocycles. The topological polar surface area (TPSA) is 26.0 Å². The number of aromatic nitrogens is 1. The van der Waals surface area contributed by atoms with E-state index in [-0.39, 0.29) is 0 Å². The van der Waals surface area contributed by atoms with Gasteiger partial charge in [0.1, 0.15) is 7.85 Å². The molecule has 0 atom stereocenters. The molecule has 0 saturated heterocycles. The molecule has 2 nitrogen and oxygen atoms in total. The molecule has 0 aliphatic rings. The van der Waals surface area contributed by atoms with Crippen molar-refractivity contribution in [1.29, 1.82) is 0 Å². The van der Waals surface area contributed by atoms with Crippen LogP contribution in [-0.2, 0) is 0 Å². The van der Waals surface area contributed by atoms with E-state index in [1.165, 1.54) is 5.46 Å². The molecule has 0 N–H and O–H groups in total. The predicted molar refractivity (Wildman–Crippen MR) is 64.7 cm³/mol. The SMILES string of the molecule is Bc1ccc(Cl)c2oc3cnccc3c12. The van der Waals surface area contributed by atoms with Crippen LogP contribution in [0.5, 0.6) is 0 Å². The van der Waals surface area contributed by atoms with E-state index in [1.54, 1.807) is 12.4 Å². The molecule has 72 valence electrons. The number of rotatable bonds is 0. The first-order valence-electron chi connectivity index (χ1n) is 4.68. The highest BCUT2D eigenvalue weighted by molar-refractivity contribution is 6.44. The number of hydrogen-bond acceptors (Lipinski definition) is 2. The number of nitrogens with zero attached hydrogens (tertiary/aromatic N) is 1. The number of benzene rings is 1.